The van der Waals surface area contributed by atoms with Crippen molar-refractivity contribution >= 4 is 11.6 Å². The Morgan fingerprint density at radius 2 is 1.95 bits per heavy atom. The second-order valence-corrected chi connectivity index (χ2v) is 6.57. The molecule has 0 aromatic heterocycles. The smallest absolute Gasteiger partial charge is 0.224 e. The molecule has 1 aromatic rings. The standard InChI is InChI=1S/C19H30N2O/c1-3-20-14-17-11-7-8-12-18(17)21-19(22)13-15(2)16-9-5-4-6-10-16/h7-8,11-12,15-16,20H,3-6,9-10,13-14H2,1-2H3,(H,21,22). The first-order valence-electron chi connectivity index (χ1n) is 8.79. The van der Waals surface area contributed by atoms with E-state index in [1.807, 2.05) is 18.2 Å². The van der Waals surface area contributed by atoms with E-state index in [0.717, 1.165) is 30.3 Å². The van der Waals surface area contributed by atoms with Crippen molar-refractivity contribution in [2.75, 3.05) is 11.9 Å². The largest absolute Gasteiger partial charge is 0.326 e. The highest BCUT2D eigenvalue weighted by Crippen LogP contribution is 2.31. The Hall–Kier alpha value is -1.35. The number of para-hydroxylation sites is 1. The van der Waals surface area contributed by atoms with E-state index in [1.54, 1.807) is 0 Å². The number of anilines is 1. The Kier molecular flexibility index (Phi) is 6.91. The van der Waals surface area contributed by atoms with Gasteiger partial charge in [0.2, 0.25) is 5.91 Å². The van der Waals surface area contributed by atoms with Crippen molar-refractivity contribution in [1.29, 1.82) is 0 Å². The molecule has 0 saturated heterocycles. The van der Waals surface area contributed by atoms with Crippen LogP contribution < -0.4 is 10.6 Å². The molecule has 2 rings (SSSR count). The van der Waals surface area contributed by atoms with Gasteiger partial charge in [-0.05, 0) is 30.0 Å². The number of hydrogen-bond donors (Lipinski definition) is 2. The van der Waals surface area contributed by atoms with Gasteiger partial charge in [-0.25, -0.2) is 0 Å². The maximum absolute atomic E-state index is 12.4. The summed E-state index contributed by atoms with van der Waals surface area (Å²) in [6.45, 7) is 6.05. The zero-order valence-corrected chi connectivity index (χ0v) is 14.0. The van der Waals surface area contributed by atoms with Crippen LogP contribution in [-0.4, -0.2) is 12.5 Å². The van der Waals surface area contributed by atoms with Crippen LogP contribution in [0.1, 0.15) is 57.9 Å². The lowest BCUT2D eigenvalue weighted by Gasteiger charge is -2.27. The summed E-state index contributed by atoms with van der Waals surface area (Å²) in [6.07, 6.45) is 7.27. The molecule has 1 aromatic carbocycles. The van der Waals surface area contributed by atoms with E-state index in [-0.39, 0.29) is 5.91 Å². The second kappa shape index (κ2) is 8.94. The van der Waals surface area contributed by atoms with Crippen molar-refractivity contribution in [3.05, 3.63) is 29.8 Å². The van der Waals surface area contributed by atoms with E-state index in [1.165, 1.54) is 32.1 Å². The van der Waals surface area contributed by atoms with Crippen LogP contribution in [0.15, 0.2) is 24.3 Å². The summed E-state index contributed by atoms with van der Waals surface area (Å²) in [5, 5.41) is 6.43. The van der Waals surface area contributed by atoms with Gasteiger partial charge in [0.25, 0.3) is 0 Å². The number of benzene rings is 1. The van der Waals surface area contributed by atoms with Crippen molar-refractivity contribution in [3.63, 3.8) is 0 Å². The lowest BCUT2D eigenvalue weighted by molar-refractivity contribution is -0.117. The Morgan fingerprint density at radius 1 is 1.23 bits per heavy atom. The molecule has 1 aliphatic rings. The fraction of sp³-hybridized carbons (Fsp3) is 0.632. The van der Waals surface area contributed by atoms with E-state index in [4.69, 9.17) is 0 Å². The van der Waals surface area contributed by atoms with E-state index in [2.05, 4.69) is 30.5 Å². The third kappa shape index (κ3) is 5.13. The molecule has 1 unspecified atom stereocenters. The summed E-state index contributed by atoms with van der Waals surface area (Å²) in [5.74, 6) is 1.37. The molecule has 3 heteroatoms. The molecule has 1 amide bonds. The average molecular weight is 302 g/mol. The van der Waals surface area contributed by atoms with Gasteiger partial charge in [0.15, 0.2) is 0 Å². The molecule has 0 aliphatic heterocycles. The van der Waals surface area contributed by atoms with Crippen molar-refractivity contribution in [1.82, 2.24) is 5.32 Å². The minimum atomic E-state index is 0.155. The summed E-state index contributed by atoms with van der Waals surface area (Å²) in [4.78, 5) is 12.4. The van der Waals surface area contributed by atoms with Crippen molar-refractivity contribution < 1.29 is 4.79 Å². The third-order valence-corrected chi connectivity index (χ3v) is 4.82. The summed E-state index contributed by atoms with van der Waals surface area (Å²) in [5.41, 5.74) is 2.10. The fourth-order valence-electron chi connectivity index (χ4n) is 3.42. The SMILES string of the molecule is CCNCc1ccccc1NC(=O)CC(C)C1CCCCC1. The predicted octanol–water partition coefficient (Wildman–Crippen LogP) is 4.34. The van der Waals surface area contributed by atoms with Gasteiger partial charge in [-0.3, -0.25) is 4.79 Å². The minimum Gasteiger partial charge on any atom is -0.326 e. The monoisotopic (exact) mass is 302 g/mol. The molecule has 0 spiro atoms. The van der Waals surface area contributed by atoms with Crippen LogP contribution in [-0.2, 0) is 11.3 Å². The zero-order valence-electron chi connectivity index (χ0n) is 14.0. The summed E-state index contributed by atoms with van der Waals surface area (Å²) < 4.78 is 0. The summed E-state index contributed by atoms with van der Waals surface area (Å²) in [7, 11) is 0. The maximum atomic E-state index is 12.4. The van der Waals surface area contributed by atoms with Crippen molar-refractivity contribution in [2.45, 2.75) is 58.9 Å². The molecule has 122 valence electrons. The molecule has 2 N–H and O–H groups in total. The van der Waals surface area contributed by atoms with Crippen LogP contribution in [0.5, 0.6) is 0 Å². The quantitative estimate of drug-likeness (QED) is 0.786. The van der Waals surface area contributed by atoms with Crippen molar-refractivity contribution in [2.24, 2.45) is 11.8 Å². The number of nitrogens with one attached hydrogen (secondary N) is 2. The number of carbonyl (C=O) groups excluding carboxylic acids is 1. The predicted molar refractivity (Wildman–Crippen MR) is 92.8 cm³/mol. The highest BCUT2D eigenvalue weighted by atomic mass is 16.1. The molecule has 0 radical (unpaired) electrons. The lowest BCUT2D eigenvalue weighted by Crippen LogP contribution is -2.23. The van der Waals surface area contributed by atoms with E-state index >= 15 is 0 Å². The van der Waals surface area contributed by atoms with Crippen LogP contribution in [0, 0.1) is 11.8 Å². The van der Waals surface area contributed by atoms with Gasteiger partial charge in [0.05, 0.1) is 0 Å². The zero-order chi connectivity index (χ0) is 15.8. The lowest BCUT2D eigenvalue weighted by atomic mass is 9.79. The maximum Gasteiger partial charge on any atom is 0.224 e. The highest BCUT2D eigenvalue weighted by Gasteiger charge is 2.22. The molecule has 1 atom stereocenters. The number of hydrogen-bond acceptors (Lipinski definition) is 2. The Morgan fingerprint density at radius 3 is 2.68 bits per heavy atom. The molecular formula is C19H30N2O. The fourth-order valence-corrected chi connectivity index (χ4v) is 3.42. The molecule has 3 nitrogen and oxygen atoms in total. The second-order valence-electron chi connectivity index (χ2n) is 6.57. The normalized spacial score (nSPS) is 17.2. The number of rotatable bonds is 7. The average Bonchev–Trinajstić information content (AvgIpc) is 2.54. The van der Waals surface area contributed by atoms with Crippen LogP contribution in [0.25, 0.3) is 0 Å². The summed E-state index contributed by atoms with van der Waals surface area (Å²) >= 11 is 0. The number of amides is 1. The first-order chi connectivity index (χ1) is 10.7. The van der Waals surface area contributed by atoms with Crippen LogP contribution >= 0.6 is 0 Å². The van der Waals surface area contributed by atoms with Crippen LogP contribution in [0.3, 0.4) is 0 Å². The molecule has 1 fully saturated rings. The van der Waals surface area contributed by atoms with Crippen molar-refractivity contribution in [3.8, 4) is 0 Å². The van der Waals surface area contributed by atoms with Gasteiger partial charge in [-0.1, -0.05) is 64.2 Å². The molecule has 0 bridgehead atoms. The first kappa shape index (κ1) is 17.0. The first-order valence-corrected chi connectivity index (χ1v) is 8.79. The molecule has 1 aliphatic carbocycles. The molecular weight excluding hydrogens is 272 g/mol. The van der Waals surface area contributed by atoms with E-state index in [9.17, 15) is 4.79 Å². The van der Waals surface area contributed by atoms with E-state index in [0.29, 0.717) is 12.3 Å². The third-order valence-electron chi connectivity index (χ3n) is 4.82. The van der Waals surface area contributed by atoms with Crippen LogP contribution in [0.4, 0.5) is 5.69 Å². The van der Waals surface area contributed by atoms with E-state index < -0.39 is 0 Å². The van der Waals surface area contributed by atoms with Crippen LogP contribution in [0.2, 0.25) is 0 Å². The molecule has 1 saturated carbocycles. The minimum absolute atomic E-state index is 0.155. The Bertz CT molecular complexity index is 466. The van der Waals surface area contributed by atoms with Gasteiger partial charge < -0.3 is 10.6 Å². The topological polar surface area (TPSA) is 41.1 Å². The van der Waals surface area contributed by atoms with Gasteiger partial charge >= 0.3 is 0 Å². The summed E-state index contributed by atoms with van der Waals surface area (Å²) in [6, 6.07) is 8.07. The molecule has 22 heavy (non-hydrogen) atoms. The number of carbonyl (C=O) groups is 1. The highest BCUT2D eigenvalue weighted by molar-refractivity contribution is 5.91. The molecule has 0 heterocycles. The Labute approximate surface area is 134 Å². The van der Waals surface area contributed by atoms with Gasteiger partial charge in [0.1, 0.15) is 0 Å². The van der Waals surface area contributed by atoms with Gasteiger partial charge in [-0.15, -0.1) is 0 Å². The van der Waals surface area contributed by atoms with Gasteiger partial charge in [0, 0.05) is 18.7 Å². The van der Waals surface area contributed by atoms with Gasteiger partial charge in [-0.2, -0.15) is 0 Å². The Balaban J connectivity index is 1.88.